The van der Waals surface area contributed by atoms with E-state index in [4.69, 9.17) is 47.4 Å². The number of benzene rings is 1. The summed E-state index contributed by atoms with van der Waals surface area (Å²) in [5.41, 5.74) is 0.888. The number of nitrogens with zero attached hydrogens (tertiary/aromatic N) is 1. The third-order valence-electron chi connectivity index (χ3n) is 6.83. The lowest BCUT2D eigenvalue weighted by Crippen LogP contribution is -2.33. The monoisotopic (exact) mass is 671 g/mol. The SMILES string of the molecule is CCCCCCOCCOCCOCCOCCOCCOCCOCCOCCOCCOCCN1C(=O)c2ccccc2C1=O. The van der Waals surface area contributed by atoms with Gasteiger partial charge in [0.15, 0.2) is 0 Å². The lowest BCUT2D eigenvalue weighted by molar-refractivity contribution is -0.0265. The molecule has 13 nitrogen and oxygen atoms in total. The van der Waals surface area contributed by atoms with E-state index in [0.29, 0.717) is 130 Å². The molecule has 13 heteroatoms. The average Bonchev–Trinajstić information content (AvgIpc) is 3.33. The van der Waals surface area contributed by atoms with E-state index in [-0.39, 0.29) is 25.0 Å². The number of imide groups is 1. The van der Waals surface area contributed by atoms with E-state index in [1.807, 2.05) is 0 Å². The summed E-state index contributed by atoms with van der Waals surface area (Å²) in [6.07, 6.45) is 4.87. The highest BCUT2D eigenvalue weighted by Gasteiger charge is 2.34. The number of hydrogen-bond donors (Lipinski definition) is 0. The normalized spacial score (nSPS) is 12.8. The Morgan fingerprint density at radius 2 is 0.702 bits per heavy atom. The number of hydrogen-bond acceptors (Lipinski definition) is 12. The Hall–Kier alpha value is -2.04. The van der Waals surface area contributed by atoms with Crippen LogP contribution in [0.2, 0.25) is 0 Å². The Morgan fingerprint density at radius 3 is 1.02 bits per heavy atom. The number of unbranched alkanes of at least 4 members (excludes halogenated alkanes) is 3. The van der Waals surface area contributed by atoms with Crippen molar-refractivity contribution >= 4 is 11.8 Å². The first-order valence-electron chi connectivity index (χ1n) is 17.0. The van der Waals surface area contributed by atoms with E-state index >= 15 is 0 Å². The van der Waals surface area contributed by atoms with Crippen molar-refractivity contribution in [1.82, 2.24) is 4.90 Å². The summed E-state index contributed by atoms with van der Waals surface area (Å²) in [5.74, 6) is -0.550. The maximum Gasteiger partial charge on any atom is 0.261 e. The molecule has 0 N–H and O–H groups in total. The molecule has 0 saturated carbocycles. The summed E-state index contributed by atoms with van der Waals surface area (Å²) in [4.78, 5) is 25.8. The minimum absolute atomic E-state index is 0.217. The van der Waals surface area contributed by atoms with Gasteiger partial charge in [-0.3, -0.25) is 14.5 Å². The first-order valence-corrected chi connectivity index (χ1v) is 17.0. The van der Waals surface area contributed by atoms with E-state index in [1.54, 1.807) is 24.3 Å². The zero-order valence-electron chi connectivity index (χ0n) is 28.3. The molecule has 0 spiro atoms. The van der Waals surface area contributed by atoms with Crippen LogP contribution in [0.5, 0.6) is 0 Å². The third-order valence-corrected chi connectivity index (χ3v) is 6.83. The van der Waals surface area contributed by atoms with Crippen LogP contribution in [-0.2, 0) is 47.4 Å². The zero-order chi connectivity index (χ0) is 33.5. The van der Waals surface area contributed by atoms with Gasteiger partial charge >= 0.3 is 0 Å². The molecule has 0 aliphatic carbocycles. The minimum atomic E-state index is -0.275. The first kappa shape index (κ1) is 41.1. The topological polar surface area (TPSA) is 130 Å². The van der Waals surface area contributed by atoms with Gasteiger partial charge in [0.05, 0.1) is 143 Å². The van der Waals surface area contributed by atoms with Crippen molar-refractivity contribution in [2.24, 2.45) is 0 Å². The van der Waals surface area contributed by atoms with Gasteiger partial charge in [-0.1, -0.05) is 38.3 Å². The Kier molecular flexibility index (Phi) is 26.3. The molecule has 1 aromatic rings. The number of carbonyl (C=O) groups excluding carboxylic acids is 2. The summed E-state index contributed by atoms with van der Waals surface area (Å²) >= 11 is 0. The van der Waals surface area contributed by atoms with E-state index in [0.717, 1.165) is 13.0 Å². The predicted octanol–water partition coefficient (Wildman–Crippen LogP) is 3.03. The summed E-state index contributed by atoms with van der Waals surface area (Å²) in [7, 11) is 0. The Bertz CT molecular complexity index is 871. The molecule has 1 aliphatic rings. The summed E-state index contributed by atoms with van der Waals surface area (Å²) < 4.78 is 54.8. The minimum Gasteiger partial charge on any atom is -0.379 e. The van der Waals surface area contributed by atoms with Crippen LogP contribution in [0.1, 0.15) is 53.3 Å². The van der Waals surface area contributed by atoms with E-state index in [9.17, 15) is 9.59 Å². The molecule has 270 valence electrons. The van der Waals surface area contributed by atoms with Gasteiger partial charge in [-0.05, 0) is 18.6 Å². The van der Waals surface area contributed by atoms with Gasteiger partial charge in [-0.25, -0.2) is 0 Å². The highest BCUT2D eigenvalue weighted by molar-refractivity contribution is 6.21. The maximum absolute atomic E-state index is 12.3. The number of carbonyl (C=O) groups is 2. The van der Waals surface area contributed by atoms with Crippen molar-refractivity contribution in [2.45, 2.75) is 32.6 Å². The number of rotatable bonds is 35. The molecule has 47 heavy (non-hydrogen) atoms. The average molecular weight is 672 g/mol. The second-order valence-electron chi connectivity index (χ2n) is 10.5. The number of ether oxygens (including phenoxy) is 10. The molecule has 2 amide bonds. The molecule has 0 bridgehead atoms. The summed E-state index contributed by atoms with van der Waals surface area (Å²) in [6, 6.07) is 6.83. The maximum atomic E-state index is 12.3. The van der Waals surface area contributed by atoms with Gasteiger partial charge in [-0.15, -0.1) is 0 Å². The van der Waals surface area contributed by atoms with Crippen molar-refractivity contribution in [3.05, 3.63) is 35.4 Å². The summed E-state index contributed by atoms with van der Waals surface area (Å²) in [5, 5.41) is 0. The van der Waals surface area contributed by atoms with Gasteiger partial charge in [-0.2, -0.15) is 0 Å². The van der Waals surface area contributed by atoms with E-state index in [1.165, 1.54) is 24.2 Å². The second-order valence-corrected chi connectivity index (χ2v) is 10.5. The molecule has 0 radical (unpaired) electrons. The molecule has 0 fully saturated rings. The van der Waals surface area contributed by atoms with Crippen LogP contribution >= 0.6 is 0 Å². The lowest BCUT2D eigenvalue weighted by Gasteiger charge is -2.13. The summed E-state index contributed by atoms with van der Waals surface area (Å²) in [6.45, 7) is 12.5. The van der Waals surface area contributed by atoms with Gasteiger partial charge < -0.3 is 47.4 Å². The van der Waals surface area contributed by atoms with Gasteiger partial charge in [0.25, 0.3) is 11.8 Å². The van der Waals surface area contributed by atoms with E-state index in [2.05, 4.69) is 6.92 Å². The van der Waals surface area contributed by atoms with E-state index < -0.39 is 0 Å². The van der Waals surface area contributed by atoms with Crippen LogP contribution in [-0.4, -0.2) is 155 Å². The zero-order valence-corrected chi connectivity index (χ0v) is 28.3. The quantitative estimate of drug-likeness (QED) is 0.0777. The molecular formula is C34H57NO12. The lowest BCUT2D eigenvalue weighted by atomic mass is 10.1. The predicted molar refractivity (Wildman–Crippen MR) is 174 cm³/mol. The molecule has 1 aromatic carbocycles. The fourth-order valence-electron chi connectivity index (χ4n) is 4.31. The van der Waals surface area contributed by atoms with Crippen molar-refractivity contribution in [3.63, 3.8) is 0 Å². The Balaban J connectivity index is 1.18. The third kappa shape index (κ3) is 20.8. The van der Waals surface area contributed by atoms with Crippen molar-refractivity contribution in [1.29, 1.82) is 0 Å². The van der Waals surface area contributed by atoms with Crippen molar-refractivity contribution in [2.75, 3.05) is 139 Å². The molecule has 0 unspecified atom stereocenters. The Labute approximate surface area is 280 Å². The fraction of sp³-hybridized carbons (Fsp3) is 0.765. The fourth-order valence-corrected chi connectivity index (χ4v) is 4.31. The van der Waals surface area contributed by atoms with Crippen molar-refractivity contribution in [3.8, 4) is 0 Å². The van der Waals surface area contributed by atoms with Crippen LogP contribution in [0.15, 0.2) is 24.3 Å². The highest BCUT2D eigenvalue weighted by Crippen LogP contribution is 2.21. The molecule has 0 atom stereocenters. The second kappa shape index (κ2) is 30.1. The molecule has 0 saturated heterocycles. The highest BCUT2D eigenvalue weighted by atomic mass is 16.6. The van der Waals surface area contributed by atoms with Gasteiger partial charge in [0.2, 0.25) is 0 Å². The molecule has 0 aromatic heterocycles. The largest absolute Gasteiger partial charge is 0.379 e. The van der Waals surface area contributed by atoms with Crippen molar-refractivity contribution < 1.29 is 57.0 Å². The van der Waals surface area contributed by atoms with Crippen LogP contribution in [0, 0.1) is 0 Å². The molecule has 1 aliphatic heterocycles. The Morgan fingerprint density at radius 1 is 0.404 bits per heavy atom. The van der Waals surface area contributed by atoms with Gasteiger partial charge in [0.1, 0.15) is 0 Å². The van der Waals surface area contributed by atoms with Crippen LogP contribution < -0.4 is 0 Å². The van der Waals surface area contributed by atoms with Crippen LogP contribution in [0.25, 0.3) is 0 Å². The number of amides is 2. The number of fused-ring (bicyclic) bond motifs is 1. The molecule has 2 rings (SSSR count). The molecule has 1 heterocycles. The van der Waals surface area contributed by atoms with Gasteiger partial charge in [0, 0.05) is 6.61 Å². The standard InChI is InChI=1S/C34H57NO12/c1-2-3-4-7-11-38-13-15-40-17-19-42-21-23-44-25-27-46-29-30-47-28-26-45-24-22-43-20-18-41-16-14-39-12-10-35-33(36)31-8-5-6-9-32(31)34(35)37/h5-6,8-9H,2-4,7,10-30H2,1H3. The molecular weight excluding hydrogens is 614 g/mol. The van der Waals surface area contributed by atoms with Crippen LogP contribution in [0.3, 0.4) is 0 Å². The first-order chi connectivity index (χ1) is 23.3. The smallest absolute Gasteiger partial charge is 0.261 e. The van der Waals surface area contributed by atoms with Crippen LogP contribution in [0.4, 0.5) is 0 Å².